The third-order valence-electron chi connectivity index (χ3n) is 2.96. The second-order valence-electron chi connectivity index (χ2n) is 4.19. The molecule has 1 aliphatic rings. The van der Waals surface area contributed by atoms with Gasteiger partial charge in [0.1, 0.15) is 5.69 Å². The van der Waals surface area contributed by atoms with Gasteiger partial charge in [0.25, 0.3) is 5.91 Å². The maximum Gasteiger partial charge on any atom is 0.272 e. The van der Waals surface area contributed by atoms with E-state index in [2.05, 4.69) is 4.98 Å². The molecule has 0 aliphatic carbocycles. The summed E-state index contributed by atoms with van der Waals surface area (Å²) in [6.07, 6.45) is 2.06. The quantitative estimate of drug-likeness (QED) is 0.763. The van der Waals surface area contributed by atoms with Crippen molar-refractivity contribution in [1.29, 1.82) is 0 Å². The van der Waals surface area contributed by atoms with Crippen molar-refractivity contribution in [2.75, 3.05) is 18.6 Å². The van der Waals surface area contributed by atoms with Gasteiger partial charge in [-0.25, -0.2) is 8.42 Å². The Hall–Kier alpha value is -1.43. The molecular weight excluding hydrogens is 240 g/mol. The van der Waals surface area contributed by atoms with Crippen molar-refractivity contribution in [2.45, 2.75) is 12.5 Å². The van der Waals surface area contributed by atoms with Gasteiger partial charge in [-0.05, 0) is 18.6 Å². The van der Waals surface area contributed by atoms with Gasteiger partial charge in [0.2, 0.25) is 0 Å². The van der Waals surface area contributed by atoms with E-state index in [9.17, 15) is 13.2 Å². The van der Waals surface area contributed by atoms with Gasteiger partial charge in [0, 0.05) is 19.3 Å². The van der Waals surface area contributed by atoms with E-state index in [1.165, 1.54) is 4.90 Å². The lowest BCUT2D eigenvalue weighted by Crippen LogP contribution is -2.38. The molecule has 17 heavy (non-hydrogen) atoms. The lowest BCUT2D eigenvalue weighted by Gasteiger charge is -2.22. The van der Waals surface area contributed by atoms with Crippen LogP contribution < -0.4 is 0 Å². The molecule has 92 valence electrons. The highest BCUT2D eigenvalue weighted by molar-refractivity contribution is 7.91. The Bertz CT molecular complexity index is 513. The van der Waals surface area contributed by atoms with Crippen molar-refractivity contribution >= 4 is 15.7 Å². The molecule has 0 unspecified atom stereocenters. The van der Waals surface area contributed by atoms with Gasteiger partial charge in [0.05, 0.1) is 11.5 Å². The first-order chi connectivity index (χ1) is 7.99. The minimum atomic E-state index is -2.97. The SMILES string of the molecule is CN(C(=O)c1ccccn1)[C@H]1CCS(=O)(=O)C1. The number of pyridine rings is 1. The highest BCUT2D eigenvalue weighted by atomic mass is 32.2. The van der Waals surface area contributed by atoms with Crippen molar-refractivity contribution in [3.05, 3.63) is 30.1 Å². The molecule has 1 saturated heterocycles. The molecule has 0 radical (unpaired) electrons. The van der Waals surface area contributed by atoms with Crippen LogP contribution in [0.15, 0.2) is 24.4 Å². The lowest BCUT2D eigenvalue weighted by molar-refractivity contribution is 0.0742. The molecule has 1 fully saturated rings. The predicted octanol–water partition coefficient (Wildman–Crippen LogP) is 0.341. The Balaban J connectivity index is 2.11. The maximum atomic E-state index is 12.0. The molecule has 6 heteroatoms. The molecule has 1 aromatic rings. The number of hydrogen-bond acceptors (Lipinski definition) is 4. The van der Waals surface area contributed by atoms with Gasteiger partial charge in [-0.1, -0.05) is 6.07 Å². The number of carbonyl (C=O) groups excluding carboxylic acids is 1. The van der Waals surface area contributed by atoms with Crippen LogP contribution in [0.4, 0.5) is 0 Å². The van der Waals surface area contributed by atoms with E-state index in [1.54, 1.807) is 31.4 Å². The first-order valence-corrected chi connectivity index (χ1v) is 7.20. The maximum absolute atomic E-state index is 12.0. The molecule has 5 nitrogen and oxygen atoms in total. The van der Waals surface area contributed by atoms with E-state index in [0.29, 0.717) is 12.1 Å². The second kappa shape index (κ2) is 4.44. The van der Waals surface area contributed by atoms with E-state index < -0.39 is 9.84 Å². The van der Waals surface area contributed by atoms with Gasteiger partial charge in [0.15, 0.2) is 9.84 Å². The first-order valence-electron chi connectivity index (χ1n) is 5.38. The van der Waals surface area contributed by atoms with Gasteiger partial charge in [-0.15, -0.1) is 0 Å². The van der Waals surface area contributed by atoms with Gasteiger partial charge in [-0.3, -0.25) is 9.78 Å². The van der Waals surface area contributed by atoms with Crippen LogP contribution in [0.3, 0.4) is 0 Å². The fourth-order valence-corrected chi connectivity index (χ4v) is 3.69. The number of amides is 1. The fraction of sp³-hybridized carbons (Fsp3) is 0.455. The third-order valence-corrected chi connectivity index (χ3v) is 4.71. The van der Waals surface area contributed by atoms with Crippen LogP contribution >= 0.6 is 0 Å². The van der Waals surface area contributed by atoms with Gasteiger partial charge >= 0.3 is 0 Å². The summed E-state index contributed by atoms with van der Waals surface area (Å²) < 4.78 is 22.7. The van der Waals surface area contributed by atoms with Crippen molar-refractivity contribution < 1.29 is 13.2 Å². The normalized spacial score (nSPS) is 22.3. The predicted molar refractivity (Wildman–Crippen MR) is 63.4 cm³/mol. The highest BCUT2D eigenvalue weighted by Gasteiger charge is 2.33. The lowest BCUT2D eigenvalue weighted by atomic mass is 10.2. The average Bonchev–Trinajstić information content (AvgIpc) is 2.69. The van der Waals surface area contributed by atoms with Crippen molar-refractivity contribution in [2.24, 2.45) is 0 Å². The van der Waals surface area contributed by atoms with Crippen molar-refractivity contribution in [1.82, 2.24) is 9.88 Å². The topological polar surface area (TPSA) is 67.3 Å². The van der Waals surface area contributed by atoms with E-state index in [4.69, 9.17) is 0 Å². The minimum absolute atomic E-state index is 0.0576. The smallest absolute Gasteiger partial charge is 0.272 e. The summed E-state index contributed by atoms with van der Waals surface area (Å²) in [5, 5.41) is 0. The van der Waals surface area contributed by atoms with E-state index in [0.717, 1.165) is 0 Å². The zero-order valence-electron chi connectivity index (χ0n) is 9.54. The molecule has 0 aromatic carbocycles. The molecule has 0 saturated carbocycles. The van der Waals surface area contributed by atoms with E-state index in [1.807, 2.05) is 0 Å². The van der Waals surface area contributed by atoms with Crippen molar-refractivity contribution in [3.8, 4) is 0 Å². The summed E-state index contributed by atoms with van der Waals surface area (Å²) in [6.45, 7) is 0. The van der Waals surface area contributed by atoms with Crippen LogP contribution in [-0.4, -0.2) is 48.8 Å². The zero-order valence-corrected chi connectivity index (χ0v) is 10.4. The summed E-state index contributed by atoms with van der Waals surface area (Å²) in [5.74, 6) is -0.00718. The summed E-state index contributed by atoms with van der Waals surface area (Å²) in [6, 6.07) is 4.87. The molecule has 0 bridgehead atoms. The molecule has 0 spiro atoms. The Morgan fingerprint density at radius 3 is 2.76 bits per heavy atom. The van der Waals surface area contributed by atoms with E-state index in [-0.39, 0.29) is 23.5 Å². The molecule has 2 heterocycles. The average molecular weight is 254 g/mol. The van der Waals surface area contributed by atoms with Gasteiger partial charge < -0.3 is 4.90 Å². The third kappa shape index (κ3) is 2.63. The molecule has 0 N–H and O–H groups in total. The number of aromatic nitrogens is 1. The van der Waals surface area contributed by atoms with Crippen LogP contribution in [0.2, 0.25) is 0 Å². The fourth-order valence-electron chi connectivity index (χ4n) is 1.92. The van der Waals surface area contributed by atoms with E-state index >= 15 is 0 Å². The molecule has 1 aromatic heterocycles. The molecular formula is C11H14N2O3S. The van der Waals surface area contributed by atoms with Crippen LogP contribution in [0.5, 0.6) is 0 Å². The Labute approximate surface area is 100 Å². The second-order valence-corrected chi connectivity index (χ2v) is 6.42. The number of hydrogen-bond donors (Lipinski definition) is 0. The van der Waals surface area contributed by atoms with Crippen molar-refractivity contribution in [3.63, 3.8) is 0 Å². The highest BCUT2D eigenvalue weighted by Crippen LogP contribution is 2.17. The monoisotopic (exact) mass is 254 g/mol. The minimum Gasteiger partial charge on any atom is -0.336 e. The Morgan fingerprint density at radius 2 is 2.24 bits per heavy atom. The summed E-state index contributed by atoms with van der Waals surface area (Å²) in [7, 11) is -1.34. The molecule has 1 amide bonds. The summed E-state index contributed by atoms with van der Waals surface area (Å²) >= 11 is 0. The Morgan fingerprint density at radius 1 is 1.47 bits per heavy atom. The number of carbonyl (C=O) groups is 1. The molecule has 2 rings (SSSR count). The molecule has 1 aliphatic heterocycles. The van der Waals surface area contributed by atoms with Gasteiger partial charge in [-0.2, -0.15) is 0 Å². The number of nitrogens with zero attached hydrogens (tertiary/aromatic N) is 2. The number of rotatable bonds is 2. The molecule has 1 atom stereocenters. The van der Waals surface area contributed by atoms with Crippen LogP contribution in [0.1, 0.15) is 16.9 Å². The summed E-state index contributed by atoms with van der Waals surface area (Å²) in [4.78, 5) is 17.5. The zero-order chi connectivity index (χ0) is 12.5. The standard InChI is InChI=1S/C11H14N2O3S/c1-13(9-5-7-17(15,16)8-9)11(14)10-4-2-3-6-12-10/h2-4,6,9H,5,7-8H2,1H3/t9-/m0/s1. The largest absolute Gasteiger partial charge is 0.336 e. The first kappa shape index (κ1) is 12.0. The van der Waals surface area contributed by atoms with Crippen LogP contribution in [-0.2, 0) is 9.84 Å². The summed E-state index contributed by atoms with van der Waals surface area (Å²) in [5.41, 5.74) is 0.347. The number of sulfone groups is 1. The van der Waals surface area contributed by atoms with Crippen LogP contribution in [0.25, 0.3) is 0 Å². The van der Waals surface area contributed by atoms with Crippen LogP contribution in [0, 0.1) is 0 Å². The Kier molecular flexibility index (Phi) is 3.15.